The molecule has 0 aromatic heterocycles. The van der Waals surface area contributed by atoms with Gasteiger partial charge >= 0.3 is 0 Å². The van der Waals surface area contributed by atoms with Crippen LogP contribution in [0.5, 0.6) is 0 Å². The highest BCUT2D eigenvalue weighted by atomic mass is 16.1. The minimum atomic E-state index is 0.111. The van der Waals surface area contributed by atoms with E-state index >= 15 is 0 Å². The van der Waals surface area contributed by atoms with Crippen molar-refractivity contribution in [2.75, 3.05) is 48.8 Å². The largest absolute Gasteiger partial charge is 0.327 e. The zero-order chi connectivity index (χ0) is 14.4. The average Bonchev–Trinajstić information content (AvgIpc) is 1.91. The highest BCUT2D eigenvalue weighted by molar-refractivity contribution is 5.95. The van der Waals surface area contributed by atoms with Crippen LogP contribution in [-0.2, 0) is 4.79 Å². The monoisotopic (exact) mass is 254 g/mol. The van der Waals surface area contributed by atoms with Gasteiger partial charge in [0.1, 0.15) is 6.54 Å². The normalized spacial score (nSPS) is 21.4. The molecule has 0 atom stereocenters. The van der Waals surface area contributed by atoms with Crippen molar-refractivity contribution in [2.45, 2.75) is 26.7 Å². The molecule has 104 valence electrons. The Balaban J connectivity index is 3.26. The van der Waals surface area contributed by atoms with Crippen LogP contribution in [-0.4, -0.2) is 63.6 Å². The summed E-state index contributed by atoms with van der Waals surface area (Å²) in [6, 6.07) is 0. The number of carbonyl (C=O) groups is 1. The number of nitrogens with zero attached hydrogens (tertiary/aromatic N) is 2. The van der Waals surface area contributed by atoms with Gasteiger partial charge in [0, 0.05) is 12.0 Å². The lowest BCUT2D eigenvalue weighted by Crippen LogP contribution is -2.46. The Labute approximate surface area is 112 Å². The Hall–Kier alpha value is -0.670. The van der Waals surface area contributed by atoms with Crippen LogP contribution in [0.4, 0.5) is 0 Å². The first-order valence-corrected chi connectivity index (χ1v) is 6.70. The molecule has 0 unspecified atom stereocenters. The smallest absolute Gasteiger partial charge is 0.216 e. The van der Waals surface area contributed by atoms with E-state index in [1.807, 2.05) is 0 Å². The third-order valence-corrected chi connectivity index (χ3v) is 3.27. The van der Waals surface area contributed by atoms with E-state index in [1.54, 1.807) is 0 Å². The molecule has 0 radical (unpaired) electrons. The number of hydrogen-bond donors (Lipinski definition) is 0. The zero-order valence-electron chi connectivity index (χ0n) is 13.4. The van der Waals surface area contributed by atoms with Crippen molar-refractivity contribution in [2.24, 2.45) is 5.41 Å². The molecule has 0 bridgehead atoms. The van der Waals surface area contributed by atoms with Gasteiger partial charge in [0.05, 0.1) is 42.3 Å². The van der Waals surface area contributed by atoms with E-state index in [2.05, 4.69) is 56.1 Å². The molecule has 0 aliphatic heterocycles. The van der Waals surface area contributed by atoms with E-state index in [0.717, 1.165) is 23.1 Å². The number of carbonyl (C=O) groups excluding carboxylic acids is 1. The summed E-state index contributed by atoms with van der Waals surface area (Å²) in [6.07, 6.45) is 1.72. The first-order chi connectivity index (χ1) is 7.82. The van der Waals surface area contributed by atoms with Gasteiger partial charge in [0.2, 0.25) is 5.78 Å². The Kier molecular flexibility index (Phi) is 3.81. The lowest BCUT2D eigenvalue weighted by Gasteiger charge is -2.38. The third kappa shape index (κ3) is 3.92. The highest BCUT2D eigenvalue weighted by Crippen LogP contribution is 2.39. The number of hydrogen-bond acceptors (Lipinski definition) is 1. The Morgan fingerprint density at radius 2 is 1.50 bits per heavy atom. The Morgan fingerprint density at radius 3 is 1.89 bits per heavy atom. The maximum absolute atomic E-state index is 12.5. The number of quaternary nitrogens is 2. The number of likely N-dealkylation sites (N-methyl/N-ethyl adjacent to an activating group) is 2. The number of ketones is 1. The molecular formula is C15H30N2O+2. The van der Waals surface area contributed by atoms with E-state index < -0.39 is 0 Å². The zero-order valence-corrected chi connectivity index (χ0v) is 13.4. The molecule has 1 aliphatic carbocycles. The summed E-state index contributed by atoms with van der Waals surface area (Å²) in [7, 11) is 12.9. The molecule has 3 heteroatoms. The van der Waals surface area contributed by atoms with E-state index in [4.69, 9.17) is 0 Å². The summed E-state index contributed by atoms with van der Waals surface area (Å²) < 4.78 is 1.52. The van der Waals surface area contributed by atoms with Gasteiger partial charge in [-0.05, 0) is 11.8 Å². The highest BCUT2D eigenvalue weighted by Gasteiger charge is 2.40. The molecule has 0 fully saturated rings. The van der Waals surface area contributed by atoms with Gasteiger partial charge in [0.25, 0.3) is 0 Å². The lowest BCUT2D eigenvalue weighted by molar-refractivity contribution is -0.868. The molecule has 0 N–H and O–H groups in total. The van der Waals surface area contributed by atoms with Crippen molar-refractivity contribution >= 4 is 5.78 Å². The predicted molar refractivity (Wildman–Crippen MR) is 76.0 cm³/mol. The van der Waals surface area contributed by atoms with Crippen molar-refractivity contribution < 1.29 is 13.8 Å². The second kappa shape index (κ2) is 4.46. The van der Waals surface area contributed by atoms with Gasteiger partial charge in [-0.25, -0.2) is 0 Å². The number of rotatable bonds is 3. The summed E-state index contributed by atoms with van der Waals surface area (Å²) in [6.45, 7) is 5.36. The van der Waals surface area contributed by atoms with Crippen LogP contribution in [0, 0.1) is 5.41 Å². The van der Waals surface area contributed by atoms with Gasteiger partial charge in [-0.1, -0.05) is 13.8 Å². The van der Waals surface area contributed by atoms with Crippen LogP contribution < -0.4 is 0 Å². The fourth-order valence-electron chi connectivity index (χ4n) is 2.99. The molecule has 0 aromatic rings. The SMILES string of the molecule is CC1(C)CC(=O)C([N+](C)(C)C)=C(C[N+](C)(C)C)C1. The molecule has 0 spiro atoms. The van der Waals surface area contributed by atoms with Crippen molar-refractivity contribution in [1.29, 1.82) is 0 Å². The van der Waals surface area contributed by atoms with Gasteiger partial charge < -0.3 is 4.48 Å². The van der Waals surface area contributed by atoms with Crippen molar-refractivity contribution in [3.8, 4) is 0 Å². The van der Waals surface area contributed by atoms with Crippen LogP contribution in [0.25, 0.3) is 0 Å². The van der Waals surface area contributed by atoms with Crippen LogP contribution in [0.15, 0.2) is 11.3 Å². The van der Waals surface area contributed by atoms with Crippen LogP contribution in [0.3, 0.4) is 0 Å². The van der Waals surface area contributed by atoms with Crippen molar-refractivity contribution in [3.63, 3.8) is 0 Å². The number of Topliss-reactive ketones (excluding diaryl/α,β-unsaturated/α-hetero) is 1. The quantitative estimate of drug-likeness (QED) is 0.705. The molecule has 0 amide bonds. The van der Waals surface area contributed by atoms with Crippen LogP contribution in [0.1, 0.15) is 26.7 Å². The first-order valence-electron chi connectivity index (χ1n) is 6.70. The molecule has 18 heavy (non-hydrogen) atoms. The first kappa shape index (κ1) is 15.4. The molecule has 0 heterocycles. The van der Waals surface area contributed by atoms with Crippen molar-refractivity contribution in [3.05, 3.63) is 11.3 Å². The minimum Gasteiger partial charge on any atom is -0.327 e. The average molecular weight is 254 g/mol. The maximum Gasteiger partial charge on any atom is 0.216 e. The van der Waals surface area contributed by atoms with Crippen LogP contribution in [0.2, 0.25) is 0 Å². The molecule has 3 nitrogen and oxygen atoms in total. The fraction of sp³-hybridized carbons (Fsp3) is 0.800. The van der Waals surface area contributed by atoms with E-state index in [0.29, 0.717) is 16.7 Å². The molecule has 0 saturated heterocycles. The third-order valence-electron chi connectivity index (χ3n) is 3.27. The Morgan fingerprint density at radius 1 is 1.00 bits per heavy atom. The minimum absolute atomic E-state index is 0.111. The van der Waals surface area contributed by atoms with E-state index in [1.165, 1.54) is 5.57 Å². The van der Waals surface area contributed by atoms with E-state index in [-0.39, 0.29) is 5.41 Å². The predicted octanol–water partition coefficient (Wildman–Crippen LogP) is 2.04. The molecule has 0 saturated carbocycles. The summed E-state index contributed by atoms with van der Waals surface area (Å²) in [5.74, 6) is 0.335. The second-order valence-corrected chi connectivity index (χ2v) is 8.35. The van der Waals surface area contributed by atoms with Crippen molar-refractivity contribution in [1.82, 2.24) is 0 Å². The maximum atomic E-state index is 12.5. The summed E-state index contributed by atoms with van der Waals surface area (Å²) in [5.41, 5.74) is 2.49. The number of allylic oxidation sites excluding steroid dienone is 1. The summed E-state index contributed by atoms with van der Waals surface area (Å²) >= 11 is 0. The molecule has 1 rings (SSSR count). The Bertz CT molecular complexity index is 378. The van der Waals surface area contributed by atoms with E-state index in [9.17, 15) is 4.79 Å². The summed E-state index contributed by atoms with van der Waals surface area (Å²) in [5, 5.41) is 0. The lowest BCUT2D eigenvalue weighted by atomic mass is 9.74. The van der Waals surface area contributed by atoms with Crippen LogP contribution >= 0.6 is 0 Å². The fourth-order valence-corrected chi connectivity index (χ4v) is 2.99. The van der Waals surface area contributed by atoms with Gasteiger partial charge in [-0.3, -0.25) is 9.28 Å². The molecular weight excluding hydrogens is 224 g/mol. The van der Waals surface area contributed by atoms with Gasteiger partial charge in [-0.15, -0.1) is 0 Å². The second-order valence-electron chi connectivity index (χ2n) is 8.35. The molecule has 0 aromatic carbocycles. The molecule has 1 aliphatic rings. The topological polar surface area (TPSA) is 17.1 Å². The standard InChI is InChI=1S/C15H30N2O/c1-15(2)9-12(11-16(3,4)5)14(13(18)10-15)17(6,7)8/h9-11H2,1-8H3/q+2. The van der Waals surface area contributed by atoms with Gasteiger partial charge in [0.15, 0.2) is 5.70 Å². The summed E-state index contributed by atoms with van der Waals surface area (Å²) in [4.78, 5) is 12.5. The van der Waals surface area contributed by atoms with Gasteiger partial charge in [-0.2, -0.15) is 0 Å².